The zero-order chi connectivity index (χ0) is 19.0. The fraction of sp³-hybridized carbons (Fsp3) is 0.300. The quantitative estimate of drug-likeness (QED) is 0.836. The van der Waals surface area contributed by atoms with E-state index in [9.17, 15) is 14.4 Å². The number of aromatic nitrogens is 1. The van der Waals surface area contributed by atoms with Gasteiger partial charge in [0.05, 0.1) is 12.3 Å². The molecule has 4 rings (SSSR count). The van der Waals surface area contributed by atoms with Crippen LogP contribution in [0.15, 0.2) is 36.5 Å². The van der Waals surface area contributed by atoms with Gasteiger partial charge in [-0.15, -0.1) is 0 Å². The molecule has 1 fully saturated rings. The van der Waals surface area contributed by atoms with Gasteiger partial charge in [0.1, 0.15) is 11.8 Å². The molecule has 3 heterocycles. The minimum absolute atomic E-state index is 0.179. The lowest BCUT2D eigenvalue weighted by Crippen LogP contribution is -2.52. The number of ether oxygens (including phenoxy) is 1. The molecular formula is C20H19N3O4. The lowest BCUT2D eigenvalue weighted by Gasteiger charge is -2.29. The van der Waals surface area contributed by atoms with Crippen LogP contribution in [0.5, 0.6) is 5.75 Å². The molecule has 0 spiro atoms. The van der Waals surface area contributed by atoms with Crippen molar-refractivity contribution < 1.29 is 19.1 Å². The molecule has 0 aliphatic carbocycles. The van der Waals surface area contributed by atoms with Crippen LogP contribution in [0.1, 0.15) is 35.7 Å². The Morgan fingerprint density at radius 3 is 2.85 bits per heavy atom. The number of hydrogen-bond donors (Lipinski definition) is 1. The number of nitrogens with zero attached hydrogens (tertiary/aromatic N) is 2. The number of piperidine rings is 1. The summed E-state index contributed by atoms with van der Waals surface area (Å²) in [6, 6.07) is 8.60. The van der Waals surface area contributed by atoms with Gasteiger partial charge in [0.15, 0.2) is 0 Å². The molecule has 27 heavy (non-hydrogen) atoms. The van der Waals surface area contributed by atoms with Crippen molar-refractivity contribution in [3.63, 3.8) is 0 Å². The number of benzene rings is 1. The van der Waals surface area contributed by atoms with E-state index < -0.39 is 11.9 Å². The molecule has 2 aromatic rings. The maximum absolute atomic E-state index is 12.7. The molecule has 1 atom stereocenters. The Hall–Kier alpha value is -3.22. The predicted molar refractivity (Wildman–Crippen MR) is 96.9 cm³/mol. The van der Waals surface area contributed by atoms with Crippen molar-refractivity contribution in [2.24, 2.45) is 0 Å². The molecule has 1 aromatic heterocycles. The van der Waals surface area contributed by atoms with Crippen LogP contribution in [0.4, 0.5) is 0 Å². The standard InChI is InChI=1S/C20H19N3O4/c1-2-27-14-7-8-21-16(10-14)12-3-4-15-13(9-12)11-23(20(15)26)17-5-6-18(24)22-19(17)25/h3-4,7-10,17H,2,5-6,11H2,1H3,(H,22,24,25). The molecule has 0 radical (unpaired) electrons. The van der Waals surface area contributed by atoms with Gasteiger partial charge in [-0.25, -0.2) is 0 Å². The highest BCUT2D eigenvalue weighted by Gasteiger charge is 2.39. The third kappa shape index (κ3) is 3.16. The fourth-order valence-corrected chi connectivity index (χ4v) is 3.56. The molecule has 1 saturated heterocycles. The summed E-state index contributed by atoms with van der Waals surface area (Å²) in [5, 5.41) is 2.31. The Bertz CT molecular complexity index is 941. The van der Waals surface area contributed by atoms with Gasteiger partial charge >= 0.3 is 0 Å². The Morgan fingerprint density at radius 1 is 1.22 bits per heavy atom. The molecule has 7 nitrogen and oxygen atoms in total. The van der Waals surface area contributed by atoms with E-state index in [4.69, 9.17) is 4.74 Å². The number of fused-ring (bicyclic) bond motifs is 1. The number of pyridine rings is 1. The van der Waals surface area contributed by atoms with Crippen LogP contribution in [-0.4, -0.2) is 40.3 Å². The summed E-state index contributed by atoms with van der Waals surface area (Å²) in [5.41, 5.74) is 3.08. The van der Waals surface area contributed by atoms with Crippen molar-refractivity contribution in [3.05, 3.63) is 47.7 Å². The summed E-state index contributed by atoms with van der Waals surface area (Å²) in [6.07, 6.45) is 2.29. The van der Waals surface area contributed by atoms with Gasteiger partial charge in [0.25, 0.3) is 5.91 Å². The van der Waals surface area contributed by atoms with Gasteiger partial charge in [0, 0.05) is 36.4 Å². The molecule has 1 aromatic carbocycles. The van der Waals surface area contributed by atoms with Crippen LogP contribution < -0.4 is 10.1 Å². The predicted octanol–water partition coefficient (Wildman–Crippen LogP) is 1.91. The third-order valence-corrected chi connectivity index (χ3v) is 4.86. The minimum Gasteiger partial charge on any atom is -0.494 e. The van der Waals surface area contributed by atoms with Crippen LogP contribution in [0.2, 0.25) is 0 Å². The SMILES string of the molecule is CCOc1ccnc(-c2ccc3c(c2)CN(C2CCC(=O)NC2=O)C3=O)c1. The number of nitrogens with one attached hydrogen (secondary N) is 1. The van der Waals surface area contributed by atoms with Crippen LogP contribution in [0.25, 0.3) is 11.3 Å². The molecule has 7 heteroatoms. The summed E-state index contributed by atoms with van der Waals surface area (Å²) < 4.78 is 5.52. The number of imide groups is 1. The number of amides is 3. The van der Waals surface area contributed by atoms with Gasteiger partial charge in [-0.2, -0.15) is 0 Å². The van der Waals surface area contributed by atoms with Crippen molar-refractivity contribution >= 4 is 17.7 Å². The number of rotatable bonds is 4. The van der Waals surface area contributed by atoms with E-state index in [-0.39, 0.29) is 18.2 Å². The van der Waals surface area contributed by atoms with Gasteiger partial charge in [-0.05, 0) is 37.1 Å². The Balaban J connectivity index is 1.60. The molecule has 1 unspecified atom stereocenters. The zero-order valence-corrected chi connectivity index (χ0v) is 14.9. The molecule has 3 amide bonds. The maximum atomic E-state index is 12.7. The third-order valence-electron chi connectivity index (χ3n) is 4.86. The van der Waals surface area contributed by atoms with E-state index in [0.29, 0.717) is 25.1 Å². The summed E-state index contributed by atoms with van der Waals surface area (Å²) in [7, 11) is 0. The fourth-order valence-electron chi connectivity index (χ4n) is 3.56. The van der Waals surface area contributed by atoms with Gasteiger partial charge in [-0.3, -0.25) is 24.7 Å². The monoisotopic (exact) mass is 365 g/mol. The average molecular weight is 365 g/mol. The second-order valence-electron chi connectivity index (χ2n) is 6.58. The smallest absolute Gasteiger partial charge is 0.255 e. The summed E-state index contributed by atoms with van der Waals surface area (Å²) in [4.78, 5) is 42.1. The van der Waals surface area contributed by atoms with Gasteiger partial charge in [0.2, 0.25) is 11.8 Å². The van der Waals surface area contributed by atoms with E-state index in [1.165, 1.54) is 0 Å². The minimum atomic E-state index is -0.606. The van der Waals surface area contributed by atoms with Crippen molar-refractivity contribution in [1.29, 1.82) is 0 Å². The molecule has 2 aliphatic rings. The highest BCUT2D eigenvalue weighted by molar-refractivity contribution is 6.05. The van der Waals surface area contributed by atoms with Crippen LogP contribution in [0, 0.1) is 0 Å². The average Bonchev–Trinajstić information content (AvgIpc) is 2.98. The lowest BCUT2D eigenvalue weighted by molar-refractivity contribution is -0.136. The number of carbonyl (C=O) groups excluding carboxylic acids is 3. The summed E-state index contributed by atoms with van der Waals surface area (Å²) in [6.45, 7) is 2.84. The molecule has 0 bridgehead atoms. The number of hydrogen-bond acceptors (Lipinski definition) is 5. The summed E-state index contributed by atoms with van der Waals surface area (Å²) in [5.74, 6) is -0.131. The summed E-state index contributed by atoms with van der Waals surface area (Å²) >= 11 is 0. The zero-order valence-electron chi connectivity index (χ0n) is 14.9. The van der Waals surface area contributed by atoms with Crippen molar-refractivity contribution in [2.45, 2.75) is 32.4 Å². The highest BCUT2D eigenvalue weighted by Crippen LogP contribution is 2.31. The normalized spacial score (nSPS) is 19.1. The molecule has 2 aliphatic heterocycles. The van der Waals surface area contributed by atoms with E-state index >= 15 is 0 Å². The first-order valence-corrected chi connectivity index (χ1v) is 8.93. The van der Waals surface area contributed by atoms with Gasteiger partial charge in [-0.1, -0.05) is 6.07 Å². The van der Waals surface area contributed by atoms with E-state index in [0.717, 1.165) is 22.6 Å². The van der Waals surface area contributed by atoms with Crippen LogP contribution in [0.3, 0.4) is 0 Å². The lowest BCUT2D eigenvalue weighted by atomic mass is 10.0. The van der Waals surface area contributed by atoms with E-state index in [1.807, 2.05) is 25.1 Å². The molecule has 0 saturated carbocycles. The molecule has 138 valence electrons. The first-order chi connectivity index (χ1) is 13.1. The van der Waals surface area contributed by atoms with Crippen LogP contribution >= 0.6 is 0 Å². The van der Waals surface area contributed by atoms with Crippen LogP contribution in [-0.2, 0) is 16.1 Å². The topological polar surface area (TPSA) is 88.6 Å². The largest absolute Gasteiger partial charge is 0.494 e. The van der Waals surface area contributed by atoms with Crippen molar-refractivity contribution in [2.75, 3.05) is 6.61 Å². The highest BCUT2D eigenvalue weighted by atomic mass is 16.5. The first-order valence-electron chi connectivity index (χ1n) is 8.93. The first kappa shape index (κ1) is 17.2. The van der Waals surface area contributed by atoms with Gasteiger partial charge < -0.3 is 9.64 Å². The molecular weight excluding hydrogens is 346 g/mol. The van der Waals surface area contributed by atoms with E-state index in [1.54, 1.807) is 23.2 Å². The second kappa shape index (κ2) is 6.83. The Kier molecular flexibility index (Phi) is 4.35. The maximum Gasteiger partial charge on any atom is 0.255 e. The van der Waals surface area contributed by atoms with Crippen molar-refractivity contribution in [1.82, 2.24) is 15.2 Å². The Labute approximate surface area is 156 Å². The van der Waals surface area contributed by atoms with E-state index in [2.05, 4.69) is 10.3 Å². The molecule has 1 N–H and O–H groups in total. The second-order valence-corrected chi connectivity index (χ2v) is 6.58. The van der Waals surface area contributed by atoms with Crippen molar-refractivity contribution in [3.8, 4) is 17.0 Å². The number of carbonyl (C=O) groups is 3. The Morgan fingerprint density at radius 2 is 2.07 bits per heavy atom.